The van der Waals surface area contributed by atoms with Crippen molar-refractivity contribution in [1.29, 1.82) is 0 Å². The summed E-state index contributed by atoms with van der Waals surface area (Å²) < 4.78 is -0.620. The molecule has 2 N–H and O–H groups in total. The van der Waals surface area contributed by atoms with Gasteiger partial charge in [0.05, 0.1) is 4.32 Å². The largest absolute Gasteiger partial charge is 0.378 e. The number of alkyl halides is 1. The maximum Gasteiger partial charge on any atom is 0.236 e. The highest BCUT2D eigenvalue weighted by Gasteiger charge is 2.22. The van der Waals surface area contributed by atoms with Crippen LogP contribution in [0.5, 0.6) is 0 Å². The van der Waals surface area contributed by atoms with E-state index in [0.29, 0.717) is 6.54 Å². The summed E-state index contributed by atoms with van der Waals surface area (Å²) in [5, 5.41) is 5.51. The number of anilines is 2. The summed E-state index contributed by atoms with van der Waals surface area (Å²) in [6.07, 6.45) is 0.240. The molecule has 0 saturated carbocycles. The molecule has 0 radical (unpaired) electrons. The van der Waals surface area contributed by atoms with Gasteiger partial charge in [0, 0.05) is 38.4 Å². The smallest absolute Gasteiger partial charge is 0.236 e. The lowest BCUT2D eigenvalue weighted by molar-refractivity contribution is -0.122. The highest BCUT2D eigenvalue weighted by molar-refractivity contribution is 9.10. The molecule has 0 aliphatic rings. The number of carbonyl (C=O) groups excluding carboxylic acids is 2. The van der Waals surface area contributed by atoms with Crippen LogP contribution in [0.4, 0.5) is 11.4 Å². The number of benzene rings is 1. The predicted octanol–water partition coefficient (Wildman–Crippen LogP) is 2.37. The van der Waals surface area contributed by atoms with Crippen LogP contribution in [-0.2, 0) is 9.59 Å². The molecular formula is C15H22BrN3O2. The maximum absolute atomic E-state index is 11.8. The number of amides is 2. The molecule has 0 unspecified atom stereocenters. The molecule has 0 aliphatic heterocycles. The summed E-state index contributed by atoms with van der Waals surface area (Å²) in [5.74, 6) is -0.258. The standard InChI is InChI=1S/C15H22BrN3O2/c1-15(2,16)14(21)17-10-9-13(20)18-11-5-7-12(8-6-11)19(3)4/h5-8H,9-10H2,1-4H3,(H,17,21)(H,18,20). The Morgan fingerprint density at radius 2 is 1.76 bits per heavy atom. The van der Waals surface area contributed by atoms with E-state index in [0.717, 1.165) is 11.4 Å². The Bertz CT molecular complexity index is 493. The molecule has 1 rings (SSSR count). The fraction of sp³-hybridized carbons (Fsp3) is 0.467. The first-order valence-corrected chi connectivity index (χ1v) is 7.54. The second-order valence-electron chi connectivity index (χ2n) is 5.47. The van der Waals surface area contributed by atoms with Crippen molar-refractivity contribution in [3.05, 3.63) is 24.3 Å². The van der Waals surface area contributed by atoms with Gasteiger partial charge in [0.15, 0.2) is 0 Å². The minimum absolute atomic E-state index is 0.125. The molecule has 2 amide bonds. The SMILES string of the molecule is CN(C)c1ccc(NC(=O)CCNC(=O)C(C)(C)Br)cc1. The molecule has 0 saturated heterocycles. The van der Waals surface area contributed by atoms with Crippen molar-refractivity contribution >= 4 is 39.1 Å². The Labute approximate surface area is 134 Å². The van der Waals surface area contributed by atoms with Gasteiger partial charge in [-0.3, -0.25) is 9.59 Å². The van der Waals surface area contributed by atoms with Crippen molar-refractivity contribution in [1.82, 2.24) is 5.32 Å². The van der Waals surface area contributed by atoms with Gasteiger partial charge in [0.25, 0.3) is 0 Å². The molecule has 1 aromatic carbocycles. The van der Waals surface area contributed by atoms with E-state index in [1.165, 1.54) is 0 Å². The number of nitrogens with one attached hydrogen (secondary N) is 2. The van der Waals surface area contributed by atoms with E-state index in [1.807, 2.05) is 43.3 Å². The number of halogens is 1. The lowest BCUT2D eigenvalue weighted by atomic mass is 10.2. The van der Waals surface area contributed by atoms with Gasteiger partial charge in [0.1, 0.15) is 0 Å². The molecule has 116 valence electrons. The zero-order chi connectivity index (χ0) is 16.0. The van der Waals surface area contributed by atoms with Gasteiger partial charge in [-0.25, -0.2) is 0 Å². The Morgan fingerprint density at radius 1 is 1.19 bits per heavy atom. The third-order valence-electron chi connectivity index (χ3n) is 2.85. The zero-order valence-electron chi connectivity index (χ0n) is 12.9. The number of hydrogen-bond donors (Lipinski definition) is 2. The second kappa shape index (κ2) is 7.45. The summed E-state index contributed by atoms with van der Waals surface area (Å²) in [5.41, 5.74) is 1.82. The lowest BCUT2D eigenvalue weighted by Crippen LogP contribution is -2.38. The summed E-state index contributed by atoms with van der Waals surface area (Å²) >= 11 is 3.27. The molecule has 0 spiro atoms. The molecule has 6 heteroatoms. The average Bonchev–Trinajstić information content (AvgIpc) is 2.38. The Morgan fingerprint density at radius 3 is 2.24 bits per heavy atom. The molecule has 0 atom stereocenters. The van der Waals surface area contributed by atoms with Crippen molar-refractivity contribution in [3.8, 4) is 0 Å². The van der Waals surface area contributed by atoms with Crippen molar-refractivity contribution in [2.45, 2.75) is 24.6 Å². The Kier molecular flexibility index (Phi) is 6.20. The molecule has 21 heavy (non-hydrogen) atoms. The molecule has 0 heterocycles. The van der Waals surface area contributed by atoms with Crippen LogP contribution in [0, 0.1) is 0 Å². The minimum Gasteiger partial charge on any atom is -0.378 e. The van der Waals surface area contributed by atoms with Crippen molar-refractivity contribution in [3.63, 3.8) is 0 Å². The third-order valence-corrected chi connectivity index (χ3v) is 3.21. The number of carbonyl (C=O) groups is 2. The van der Waals surface area contributed by atoms with Crippen LogP contribution >= 0.6 is 15.9 Å². The lowest BCUT2D eigenvalue weighted by Gasteiger charge is -2.15. The van der Waals surface area contributed by atoms with E-state index in [4.69, 9.17) is 0 Å². The molecule has 0 aromatic heterocycles. The third kappa shape index (κ3) is 6.16. The van der Waals surface area contributed by atoms with Crippen molar-refractivity contribution < 1.29 is 9.59 Å². The second-order valence-corrected chi connectivity index (χ2v) is 7.45. The van der Waals surface area contributed by atoms with Crippen LogP contribution in [0.2, 0.25) is 0 Å². The van der Waals surface area contributed by atoms with Gasteiger partial charge in [0.2, 0.25) is 11.8 Å². The monoisotopic (exact) mass is 355 g/mol. The first-order valence-electron chi connectivity index (χ1n) is 6.74. The Balaban J connectivity index is 2.39. The number of hydrogen-bond acceptors (Lipinski definition) is 3. The molecular weight excluding hydrogens is 334 g/mol. The highest BCUT2D eigenvalue weighted by atomic mass is 79.9. The van der Waals surface area contributed by atoms with E-state index < -0.39 is 4.32 Å². The normalized spacial score (nSPS) is 10.9. The van der Waals surface area contributed by atoms with Crippen LogP contribution in [-0.4, -0.2) is 36.8 Å². The molecule has 0 fully saturated rings. The van der Waals surface area contributed by atoms with Crippen LogP contribution in [0.25, 0.3) is 0 Å². The summed E-state index contributed by atoms with van der Waals surface area (Å²) in [7, 11) is 3.92. The number of rotatable bonds is 6. The van der Waals surface area contributed by atoms with Crippen LogP contribution < -0.4 is 15.5 Å². The van der Waals surface area contributed by atoms with E-state index in [9.17, 15) is 9.59 Å². The summed E-state index contributed by atoms with van der Waals surface area (Å²) in [6.45, 7) is 3.83. The molecule has 0 aliphatic carbocycles. The van der Waals surface area contributed by atoms with Crippen molar-refractivity contribution in [2.24, 2.45) is 0 Å². The molecule has 1 aromatic rings. The fourth-order valence-corrected chi connectivity index (χ4v) is 1.71. The summed E-state index contributed by atoms with van der Waals surface area (Å²) in [6, 6.07) is 7.58. The number of nitrogens with zero attached hydrogens (tertiary/aromatic N) is 1. The average molecular weight is 356 g/mol. The van der Waals surface area contributed by atoms with Crippen LogP contribution in [0.15, 0.2) is 24.3 Å². The maximum atomic E-state index is 11.8. The Hall–Kier alpha value is -1.56. The topological polar surface area (TPSA) is 61.4 Å². The van der Waals surface area contributed by atoms with Crippen LogP contribution in [0.3, 0.4) is 0 Å². The quantitative estimate of drug-likeness (QED) is 0.770. The van der Waals surface area contributed by atoms with E-state index in [1.54, 1.807) is 13.8 Å². The van der Waals surface area contributed by atoms with Gasteiger partial charge >= 0.3 is 0 Å². The van der Waals surface area contributed by atoms with Gasteiger partial charge in [-0.1, -0.05) is 15.9 Å². The minimum atomic E-state index is -0.620. The summed E-state index contributed by atoms with van der Waals surface area (Å²) in [4.78, 5) is 25.4. The van der Waals surface area contributed by atoms with Gasteiger partial charge in [-0.15, -0.1) is 0 Å². The van der Waals surface area contributed by atoms with Gasteiger partial charge < -0.3 is 15.5 Å². The van der Waals surface area contributed by atoms with E-state index in [-0.39, 0.29) is 18.2 Å². The van der Waals surface area contributed by atoms with Gasteiger partial charge in [-0.05, 0) is 38.1 Å². The molecule has 0 bridgehead atoms. The fourth-order valence-electron chi connectivity index (χ4n) is 1.57. The first-order chi connectivity index (χ1) is 9.70. The van der Waals surface area contributed by atoms with E-state index in [2.05, 4.69) is 26.6 Å². The van der Waals surface area contributed by atoms with Crippen molar-refractivity contribution in [2.75, 3.05) is 30.9 Å². The zero-order valence-corrected chi connectivity index (χ0v) is 14.5. The predicted molar refractivity (Wildman–Crippen MR) is 90.0 cm³/mol. The van der Waals surface area contributed by atoms with Gasteiger partial charge in [-0.2, -0.15) is 0 Å². The first kappa shape index (κ1) is 17.5. The van der Waals surface area contributed by atoms with Crippen LogP contribution in [0.1, 0.15) is 20.3 Å². The molecule has 5 nitrogen and oxygen atoms in total. The van der Waals surface area contributed by atoms with E-state index >= 15 is 0 Å². The highest BCUT2D eigenvalue weighted by Crippen LogP contribution is 2.16.